The number of benzene rings is 1. The lowest BCUT2D eigenvalue weighted by molar-refractivity contribution is -0.383. The third kappa shape index (κ3) is 5.33. The molecule has 9 heteroatoms. The number of nitro groups is 1. The minimum Gasteiger partial charge on any atom is -0.361 e. The van der Waals surface area contributed by atoms with Gasteiger partial charge in [-0.2, -0.15) is 0 Å². The molecule has 0 bridgehead atoms. The lowest BCUT2D eigenvalue weighted by atomic mass is 10.3. The van der Waals surface area contributed by atoms with Gasteiger partial charge in [-0.25, -0.2) is 0 Å². The quantitative estimate of drug-likeness (QED) is 0.379. The van der Waals surface area contributed by atoms with Crippen molar-refractivity contribution in [2.45, 2.75) is 13.3 Å². The maximum absolute atomic E-state index is 10.8. The monoisotopic (exact) mass is 313 g/mol. The zero-order valence-corrected chi connectivity index (χ0v) is 12.4. The van der Waals surface area contributed by atoms with Crippen LogP contribution in [0.25, 0.3) is 0 Å². The van der Waals surface area contributed by atoms with Crippen LogP contribution in [-0.4, -0.2) is 21.7 Å². The van der Waals surface area contributed by atoms with E-state index in [4.69, 9.17) is 24.4 Å². The predicted molar refractivity (Wildman–Crippen MR) is 86.5 cm³/mol. The molecule has 0 fully saturated rings. The summed E-state index contributed by atoms with van der Waals surface area (Å²) in [5.41, 5.74) is 5.59. The maximum atomic E-state index is 10.8. The van der Waals surface area contributed by atoms with Gasteiger partial charge in [-0.3, -0.25) is 21.0 Å². The van der Waals surface area contributed by atoms with E-state index in [1.807, 2.05) is 6.92 Å². The average molecular weight is 313 g/mol. The highest BCUT2D eigenvalue weighted by molar-refractivity contribution is 7.80. The van der Waals surface area contributed by atoms with E-state index in [9.17, 15) is 10.1 Å². The second-order valence-electron chi connectivity index (χ2n) is 3.73. The molecule has 0 saturated carbocycles. The van der Waals surface area contributed by atoms with Crippen molar-refractivity contribution in [2.75, 3.05) is 11.9 Å². The van der Waals surface area contributed by atoms with Gasteiger partial charge in [0.25, 0.3) is 5.69 Å². The first-order valence-electron chi connectivity index (χ1n) is 5.89. The van der Waals surface area contributed by atoms with Gasteiger partial charge in [-0.1, -0.05) is 19.1 Å². The van der Waals surface area contributed by atoms with Gasteiger partial charge in [-0.15, -0.1) is 0 Å². The van der Waals surface area contributed by atoms with Crippen molar-refractivity contribution in [3.63, 3.8) is 0 Å². The van der Waals surface area contributed by atoms with E-state index in [-0.39, 0.29) is 10.8 Å². The highest BCUT2D eigenvalue weighted by atomic mass is 32.1. The molecular formula is C11H15N5O2S2. The van der Waals surface area contributed by atoms with Crippen LogP contribution in [0.5, 0.6) is 0 Å². The van der Waals surface area contributed by atoms with E-state index in [0.29, 0.717) is 10.8 Å². The summed E-state index contributed by atoms with van der Waals surface area (Å²) < 4.78 is 0. The van der Waals surface area contributed by atoms with E-state index in [2.05, 4.69) is 21.5 Å². The van der Waals surface area contributed by atoms with Crippen LogP contribution in [0.1, 0.15) is 13.3 Å². The van der Waals surface area contributed by atoms with Gasteiger partial charge in [0.15, 0.2) is 10.2 Å². The Morgan fingerprint density at radius 2 is 1.90 bits per heavy atom. The number of hydrogen-bond donors (Lipinski definition) is 4. The summed E-state index contributed by atoms with van der Waals surface area (Å²) >= 11 is 10.0. The van der Waals surface area contributed by atoms with Crippen molar-refractivity contribution >= 4 is 46.0 Å². The lowest BCUT2D eigenvalue weighted by Gasteiger charge is -2.13. The van der Waals surface area contributed by atoms with Crippen molar-refractivity contribution in [1.29, 1.82) is 0 Å². The molecule has 0 atom stereocenters. The van der Waals surface area contributed by atoms with Crippen LogP contribution in [0.3, 0.4) is 0 Å². The SMILES string of the molecule is CCCNC(=S)NNC(=S)Nc1ccccc1[N+](=O)[O-]. The number of hydrogen-bond acceptors (Lipinski definition) is 4. The van der Waals surface area contributed by atoms with E-state index in [1.165, 1.54) is 6.07 Å². The summed E-state index contributed by atoms with van der Waals surface area (Å²) in [6.07, 6.45) is 0.945. The topological polar surface area (TPSA) is 91.3 Å². The van der Waals surface area contributed by atoms with Gasteiger partial charge in [0.2, 0.25) is 0 Å². The Kier molecular flexibility index (Phi) is 6.60. The largest absolute Gasteiger partial charge is 0.361 e. The van der Waals surface area contributed by atoms with Gasteiger partial charge in [0, 0.05) is 12.6 Å². The van der Waals surface area contributed by atoms with Crippen LogP contribution in [0.2, 0.25) is 0 Å². The molecule has 0 unspecified atom stereocenters. The van der Waals surface area contributed by atoms with Gasteiger partial charge in [0.1, 0.15) is 5.69 Å². The molecule has 0 aromatic heterocycles. The first-order chi connectivity index (χ1) is 9.54. The molecule has 1 rings (SSSR count). The van der Waals surface area contributed by atoms with Crippen molar-refractivity contribution in [1.82, 2.24) is 16.2 Å². The molecule has 0 aliphatic carbocycles. The standard InChI is InChI=1S/C11H15N5O2S2/c1-2-7-12-10(19)14-15-11(20)13-8-5-3-4-6-9(8)16(17)18/h3-6H,2,7H2,1H3,(H2,12,14,19)(H2,13,15,20). The van der Waals surface area contributed by atoms with Crippen LogP contribution < -0.4 is 21.5 Å². The van der Waals surface area contributed by atoms with Gasteiger partial charge in [-0.05, 0) is 36.9 Å². The smallest absolute Gasteiger partial charge is 0.292 e. The molecular weight excluding hydrogens is 298 g/mol. The lowest BCUT2D eigenvalue weighted by Crippen LogP contribution is -2.48. The number of para-hydroxylation sites is 2. The molecule has 0 aliphatic rings. The molecule has 0 radical (unpaired) electrons. The second-order valence-corrected chi connectivity index (χ2v) is 4.55. The van der Waals surface area contributed by atoms with E-state index >= 15 is 0 Å². The van der Waals surface area contributed by atoms with Crippen LogP contribution in [-0.2, 0) is 0 Å². The molecule has 0 amide bonds. The van der Waals surface area contributed by atoms with Crippen LogP contribution >= 0.6 is 24.4 Å². The summed E-state index contributed by atoms with van der Waals surface area (Å²) in [6, 6.07) is 6.23. The van der Waals surface area contributed by atoms with Crippen LogP contribution in [0.15, 0.2) is 24.3 Å². The molecule has 0 heterocycles. The number of thiocarbonyl (C=S) groups is 2. The predicted octanol–water partition coefficient (Wildman–Crippen LogP) is 1.67. The fourth-order valence-corrected chi connectivity index (χ4v) is 1.60. The first kappa shape index (κ1) is 16.1. The molecule has 4 N–H and O–H groups in total. The molecule has 20 heavy (non-hydrogen) atoms. The number of nitrogens with one attached hydrogen (secondary N) is 4. The number of anilines is 1. The Balaban J connectivity index is 2.51. The van der Waals surface area contributed by atoms with Crippen molar-refractivity contribution < 1.29 is 4.92 Å². The number of nitrogens with zero attached hydrogens (tertiary/aromatic N) is 1. The Labute approximate surface area is 127 Å². The van der Waals surface area contributed by atoms with E-state index < -0.39 is 4.92 Å². The Morgan fingerprint density at radius 1 is 1.25 bits per heavy atom. The normalized spacial score (nSPS) is 9.45. The zero-order chi connectivity index (χ0) is 15.0. The number of nitro benzene ring substituents is 1. The summed E-state index contributed by atoms with van der Waals surface area (Å²) in [5, 5.41) is 17.1. The van der Waals surface area contributed by atoms with E-state index in [1.54, 1.807) is 18.2 Å². The van der Waals surface area contributed by atoms with Crippen molar-refractivity contribution in [2.24, 2.45) is 0 Å². The molecule has 0 spiro atoms. The first-order valence-corrected chi connectivity index (χ1v) is 6.70. The minimum atomic E-state index is -0.480. The van der Waals surface area contributed by atoms with Gasteiger partial charge in [0.05, 0.1) is 4.92 Å². The van der Waals surface area contributed by atoms with Gasteiger partial charge >= 0.3 is 0 Å². The molecule has 0 saturated heterocycles. The summed E-state index contributed by atoms with van der Waals surface area (Å²) in [6.45, 7) is 2.77. The van der Waals surface area contributed by atoms with Crippen LogP contribution in [0, 0.1) is 10.1 Å². The van der Waals surface area contributed by atoms with Gasteiger partial charge < -0.3 is 10.6 Å². The molecule has 1 aromatic rings. The molecule has 0 aliphatic heterocycles. The Hall–Kier alpha value is -2.00. The van der Waals surface area contributed by atoms with E-state index in [0.717, 1.165) is 13.0 Å². The van der Waals surface area contributed by atoms with Crippen molar-refractivity contribution in [3.05, 3.63) is 34.4 Å². The summed E-state index contributed by atoms with van der Waals surface area (Å²) in [7, 11) is 0. The molecule has 7 nitrogen and oxygen atoms in total. The summed E-state index contributed by atoms with van der Waals surface area (Å²) in [4.78, 5) is 10.4. The number of hydrazine groups is 1. The second kappa shape index (κ2) is 8.23. The fourth-order valence-electron chi connectivity index (χ4n) is 1.29. The van der Waals surface area contributed by atoms with Crippen LogP contribution in [0.4, 0.5) is 11.4 Å². The van der Waals surface area contributed by atoms with Crippen molar-refractivity contribution in [3.8, 4) is 0 Å². The molecule has 108 valence electrons. The third-order valence-electron chi connectivity index (χ3n) is 2.17. The molecule has 1 aromatic carbocycles. The maximum Gasteiger partial charge on any atom is 0.292 e. The Bertz CT molecular complexity index is 509. The number of rotatable bonds is 4. The minimum absolute atomic E-state index is 0.0525. The highest BCUT2D eigenvalue weighted by Crippen LogP contribution is 2.22. The fraction of sp³-hybridized carbons (Fsp3) is 0.273. The highest BCUT2D eigenvalue weighted by Gasteiger charge is 2.12. The third-order valence-corrected chi connectivity index (χ3v) is 2.62. The zero-order valence-electron chi connectivity index (χ0n) is 10.8. The average Bonchev–Trinajstić information content (AvgIpc) is 2.43. The Morgan fingerprint density at radius 3 is 2.55 bits per heavy atom. The summed E-state index contributed by atoms with van der Waals surface area (Å²) in [5.74, 6) is 0.